The highest BCUT2D eigenvalue weighted by Gasteiger charge is 2.27. The van der Waals surface area contributed by atoms with Gasteiger partial charge in [0.15, 0.2) is 11.5 Å². The largest absolute Gasteiger partial charge is 0.490 e. The summed E-state index contributed by atoms with van der Waals surface area (Å²) in [5.41, 5.74) is 1.88. The van der Waals surface area contributed by atoms with Gasteiger partial charge in [0, 0.05) is 31.0 Å². The van der Waals surface area contributed by atoms with Gasteiger partial charge in [-0.25, -0.2) is 0 Å². The fraction of sp³-hybridized carbons (Fsp3) is 0.429. The van der Waals surface area contributed by atoms with Crippen molar-refractivity contribution in [1.82, 2.24) is 9.88 Å². The maximum atomic E-state index is 12.9. The van der Waals surface area contributed by atoms with Gasteiger partial charge in [0.25, 0.3) is 5.91 Å². The van der Waals surface area contributed by atoms with E-state index in [4.69, 9.17) is 9.47 Å². The molecule has 1 aromatic carbocycles. The topological polar surface area (TPSA) is 51.7 Å². The monoisotopic (exact) mass is 354 g/mol. The molecule has 5 nitrogen and oxygen atoms in total. The average molecular weight is 354 g/mol. The summed E-state index contributed by atoms with van der Waals surface area (Å²) in [5.74, 6) is 1.85. The number of hydrogen-bond acceptors (Lipinski definition) is 4. The van der Waals surface area contributed by atoms with Crippen molar-refractivity contribution in [3.8, 4) is 11.5 Å². The Labute approximate surface area is 155 Å². The second-order valence-electron chi connectivity index (χ2n) is 6.50. The van der Waals surface area contributed by atoms with Crippen LogP contribution in [0, 0.1) is 5.92 Å². The van der Waals surface area contributed by atoms with Crippen LogP contribution in [-0.2, 0) is 6.42 Å². The van der Waals surface area contributed by atoms with E-state index in [2.05, 4.69) is 11.1 Å². The minimum atomic E-state index is 0.0580. The molecule has 0 N–H and O–H groups in total. The zero-order valence-corrected chi connectivity index (χ0v) is 15.5. The highest BCUT2D eigenvalue weighted by Crippen LogP contribution is 2.30. The number of benzene rings is 1. The molecule has 5 heteroatoms. The quantitative estimate of drug-likeness (QED) is 0.762. The third-order valence-corrected chi connectivity index (χ3v) is 4.61. The molecule has 138 valence electrons. The number of amides is 1. The van der Waals surface area contributed by atoms with E-state index in [1.807, 2.05) is 43.1 Å². The highest BCUT2D eigenvalue weighted by molar-refractivity contribution is 5.95. The van der Waals surface area contributed by atoms with Crippen LogP contribution in [0.2, 0.25) is 0 Å². The normalized spacial score (nSPS) is 16.5. The fourth-order valence-corrected chi connectivity index (χ4v) is 3.40. The third-order valence-electron chi connectivity index (χ3n) is 4.61. The standard InChI is InChI=1S/C21H26N2O3/c1-3-25-19-8-7-18(13-20(19)26-4-2)21(24)23-11-9-17(15-23)12-16-6-5-10-22-14-16/h5-8,10,13-14,17H,3-4,9,11-12,15H2,1-2H3. The van der Waals surface area contributed by atoms with E-state index < -0.39 is 0 Å². The third kappa shape index (κ3) is 4.34. The van der Waals surface area contributed by atoms with Gasteiger partial charge in [-0.3, -0.25) is 9.78 Å². The SMILES string of the molecule is CCOc1ccc(C(=O)N2CCC(Cc3cccnc3)C2)cc1OCC. The number of likely N-dealkylation sites (tertiary alicyclic amines) is 1. The van der Waals surface area contributed by atoms with Crippen LogP contribution in [-0.4, -0.2) is 42.1 Å². The molecule has 0 radical (unpaired) electrons. The Morgan fingerprint density at radius 2 is 2.00 bits per heavy atom. The van der Waals surface area contributed by atoms with E-state index in [-0.39, 0.29) is 5.91 Å². The maximum absolute atomic E-state index is 12.9. The van der Waals surface area contributed by atoms with Crippen LogP contribution >= 0.6 is 0 Å². The molecular weight excluding hydrogens is 328 g/mol. The number of ether oxygens (including phenoxy) is 2. The Hall–Kier alpha value is -2.56. The van der Waals surface area contributed by atoms with E-state index in [9.17, 15) is 4.79 Å². The molecular formula is C21H26N2O3. The zero-order valence-electron chi connectivity index (χ0n) is 15.5. The molecule has 1 amide bonds. The lowest BCUT2D eigenvalue weighted by atomic mass is 10.00. The van der Waals surface area contributed by atoms with E-state index in [0.717, 1.165) is 25.9 Å². The highest BCUT2D eigenvalue weighted by atomic mass is 16.5. The van der Waals surface area contributed by atoms with Crippen LogP contribution in [0.3, 0.4) is 0 Å². The van der Waals surface area contributed by atoms with Gasteiger partial charge in [-0.1, -0.05) is 6.07 Å². The Kier molecular flexibility index (Phi) is 6.10. The van der Waals surface area contributed by atoms with Crippen LogP contribution < -0.4 is 9.47 Å². The molecule has 1 aromatic heterocycles. The summed E-state index contributed by atoms with van der Waals surface area (Å²) < 4.78 is 11.2. The number of rotatable bonds is 7. The Morgan fingerprint density at radius 3 is 2.73 bits per heavy atom. The summed E-state index contributed by atoms with van der Waals surface area (Å²) in [4.78, 5) is 19.0. The molecule has 0 spiro atoms. The molecule has 1 saturated heterocycles. The minimum absolute atomic E-state index is 0.0580. The molecule has 1 unspecified atom stereocenters. The lowest BCUT2D eigenvalue weighted by Gasteiger charge is -2.18. The van der Waals surface area contributed by atoms with Crippen molar-refractivity contribution in [2.75, 3.05) is 26.3 Å². The smallest absolute Gasteiger partial charge is 0.254 e. The van der Waals surface area contributed by atoms with Crippen molar-refractivity contribution < 1.29 is 14.3 Å². The van der Waals surface area contributed by atoms with E-state index in [1.165, 1.54) is 5.56 Å². The molecule has 0 aliphatic carbocycles. The molecule has 1 fully saturated rings. The summed E-state index contributed by atoms with van der Waals surface area (Å²) in [6, 6.07) is 9.50. The van der Waals surface area contributed by atoms with Gasteiger partial charge in [0.1, 0.15) is 0 Å². The predicted octanol–water partition coefficient (Wildman–Crippen LogP) is 3.58. The summed E-state index contributed by atoms with van der Waals surface area (Å²) >= 11 is 0. The van der Waals surface area contributed by atoms with Crippen molar-refractivity contribution in [2.24, 2.45) is 5.92 Å². The van der Waals surface area contributed by atoms with Crippen molar-refractivity contribution >= 4 is 5.91 Å². The number of pyridine rings is 1. The number of aromatic nitrogens is 1. The van der Waals surface area contributed by atoms with Gasteiger partial charge in [-0.15, -0.1) is 0 Å². The van der Waals surface area contributed by atoms with E-state index >= 15 is 0 Å². The Bertz CT molecular complexity index is 733. The summed E-state index contributed by atoms with van der Waals surface area (Å²) in [6.45, 7) is 6.53. The first-order valence-corrected chi connectivity index (χ1v) is 9.29. The molecule has 3 rings (SSSR count). The molecule has 0 saturated carbocycles. The lowest BCUT2D eigenvalue weighted by molar-refractivity contribution is 0.0786. The van der Waals surface area contributed by atoms with E-state index in [0.29, 0.717) is 36.2 Å². The van der Waals surface area contributed by atoms with Gasteiger partial charge in [-0.2, -0.15) is 0 Å². The van der Waals surface area contributed by atoms with Gasteiger partial charge in [0.2, 0.25) is 0 Å². The van der Waals surface area contributed by atoms with Crippen LogP contribution in [0.4, 0.5) is 0 Å². The Morgan fingerprint density at radius 1 is 1.19 bits per heavy atom. The second kappa shape index (κ2) is 8.70. The predicted molar refractivity (Wildman–Crippen MR) is 101 cm³/mol. The first kappa shape index (κ1) is 18.2. The fourth-order valence-electron chi connectivity index (χ4n) is 3.40. The number of nitrogens with zero attached hydrogens (tertiary/aromatic N) is 2. The minimum Gasteiger partial charge on any atom is -0.490 e. The first-order chi connectivity index (χ1) is 12.7. The van der Waals surface area contributed by atoms with Gasteiger partial charge < -0.3 is 14.4 Å². The van der Waals surface area contributed by atoms with Gasteiger partial charge in [-0.05, 0) is 62.4 Å². The molecule has 1 aliphatic rings. The van der Waals surface area contributed by atoms with Crippen molar-refractivity contribution in [3.05, 3.63) is 53.9 Å². The first-order valence-electron chi connectivity index (χ1n) is 9.29. The molecule has 2 heterocycles. The van der Waals surface area contributed by atoms with Crippen LogP contribution in [0.1, 0.15) is 36.2 Å². The van der Waals surface area contributed by atoms with Crippen LogP contribution in [0.25, 0.3) is 0 Å². The van der Waals surface area contributed by atoms with Crippen molar-refractivity contribution in [2.45, 2.75) is 26.7 Å². The van der Waals surface area contributed by atoms with E-state index in [1.54, 1.807) is 12.3 Å². The molecule has 26 heavy (non-hydrogen) atoms. The second-order valence-corrected chi connectivity index (χ2v) is 6.50. The average Bonchev–Trinajstić information content (AvgIpc) is 3.12. The number of carbonyl (C=O) groups is 1. The van der Waals surface area contributed by atoms with Crippen molar-refractivity contribution in [1.29, 1.82) is 0 Å². The molecule has 2 aromatic rings. The van der Waals surface area contributed by atoms with Crippen molar-refractivity contribution in [3.63, 3.8) is 0 Å². The van der Waals surface area contributed by atoms with Crippen LogP contribution in [0.5, 0.6) is 11.5 Å². The lowest BCUT2D eigenvalue weighted by Crippen LogP contribution is -2.29. The number of carbonyl (C=O) groups excluding carboxylic acids is 1. The zero-order chi connectivity index (χ0) is 18.4. The summed E-state index contributed by atoms with van der Waals surface area (Å²) in [6.07, 6.45) is 5.68. The van der Waals surface area contributed by atoms with Crippen LogP contribution in [0.15, 0.2) is 42.7 Å². The maximum Gasteiger partial charge on any atom is 0.254 e. The van der Waals surface area contributed by atoms with Gasteiger partial charge >= 0.3 is 0 Å². The molecule has 1 aliphatic heterocycles. The summed E-state index contributed by atoms with van der Waals surface area (Å²) in [5, 5.41) is 0. The molecule has 1 atom stereocenters. The summed E-state index contributed by atoms with van der Waals surface area (Å²) in [7, 11) is 0. The Balaban J connectivity index is 1.66. The number of hydrogen-bond donors (Lipinski definition) is 0. The van der Waals surface area contributed by atoms with Gasteiger partial charge in [0.05, 0.1) is 13.2 Å². The molecule has 0 bridgehead atoms.